The highest BCUT2D eigenvalue weighted by atomic mass is 16.3. The molecule has 7 nitrogen and oxygen atoms in total. The van der Waals surface area contributed by atoms with E-state index in [2.05, 4.69) is 15.3 Å². The number of hydrogen-bond donors (Lipinski definition) is 3. The van der Waals surface area contributed by atoms with Gasteiger partial charge in [-0.25, -0.2) is 9.97 Å². The minimum atomic E-state index is -0.561. The number of aromatic nitrogens is 2. The Hall–Kier alpha value is -2.51. The van der Waals surface area contributed by atoms with Gasteiger partial charge < -0.3 is 21.1 Å². The maximum atomic E-state index is 13.0. The molecule has 0 spiro atoms. The van der Waals surface area contributed by atoms with Crippen LogP contribution in [0.1, 0.15) is 55.3 Å². The van der Waals surface area contributed by atoms with Crippen molar-refractivity contribution in [3.63, 3.8) is 0 Å². The van der Waals surface area contributed by atoms with Gasteiger partial charge in [0.05, 0.1) is 24.4 Å². The molecular formula is C28H37N5O2. The Morgan fingerprint density at radius 3 is 2.49 bits per heavy atom. The summed E-state index contributed by atoms with van der Waals surface area (Å²) < 4.78 is 0. The second-order valence-electron chi connectivity index (χ2n) is 11.6. The molecule has 4 fully saturated rings. The van der Waals surface area contributed by atoms with Crippen molar-refractivity contribution in [2.45, 2.75) is 70.1 Å². The molecule has 5 aliphatic rings. The van der Waals surface area contributed by atoms with Crippen molar-refractivity contribution >= 4 is 11.7 Å². The molecule has 1 unspecified atom stereocenters. The lowest BCUT2D eigenvalue weighted by Gasteiger charge is -2.58. The van der Waals surface area contributed by atoms with Crippen molar-refractivity contribution in [2.75, 3.05) is 18.4 Å². The first-order valence-electron chi connectivity index (χ1n) is 13.3. The van der Waals surface area contributed by atoms with Crippen LogP contribution in [0.3, 0.4) is 0 Å². The number of amides is 1. The van der Waals surface area contributed by atoms with E-state index in [4.69, 9.17) is 5.73 Å². The lowest BCUT2D eigenvalue weighted by molar-refractivity contribution is -0.133. The first kappa shape index (κ1) is 22.9. The number of anilines is 1. The largest absolute Gasteiger partial charge is 0.391 e. The lowest BCUT2D eigenvalue weighted by atomic mass is 9.48. The van der Waals surface area contributed by atoms with Crippen LogP contribution in [0.4, 0.5) is 5.82 Å². The maximum Gasteiger partial charge on any atom is 0.240 e. The van der Waals surface area contributed by atoms with Crippen LogP contribution in [-0.2, 0) is 24.2 Å². The Morgan fingerprint density at radius 2 is 1.80 bits per heavy atom. The predicted octanol–water partition coefficient (Wildman–Crippen LogP) is 2.92. The van der Waals surface area contributed by atoms with Crippen molar-refractivity contribution in [1.82, 2.24) is 14.9 Å². The van der Waals surface area contributed by atoms with Crippen LogP contribution < -0.4 is 11.1 Å². The molecule has 7 heteroatoms. The van der Waals surface area contributed by atoms with E-state index in [0.29, 0.717) is 32.5 Å². The van der Waals surface area contributed by atoms with Gasteiger partial charge in [-0.05, 0) is 80.1 Å². The van der Waals surface area contributed by atoms with Gasteiger partial charge in [0.25, 0.3) is 0 Å². The van der Waals surface area contributed by atoms with E-state index in [9.17, 15) is 9.90 Å². The minimum Gasteiger partial charge on any atom is -0.391 e. The molecule has 1 aromatic carbocycles. The Bertz CT molecular complexity index is 1040. The number of rotatable bonds is 7. The van der Waals surface area contributed by atoms with Gasteiger partial charge in [0, 0.05) is 18.7 Å². The van der Waals surface area contributed by atoms with Crippen LogP contribution >= 0.6 is 0 Å². The number of nitrogens with two attached hydrogens (primary N) is 1. The third-order valence-corrected chi connectivity index (χ3v) is 9.19. The van der Waals surface area contributed by atoms with Crippen LogP contribution in [0.5, 0.6) is 0 Å². The topological polar surface area (TPSA) is 104 Å². The normalized spacial score (nSPS) is 30.6. The van der Waals surface area contributed by atoms with E-state index in [1.54, 1.807) is 6.33 Å². The van der Waals surface area contributed by atoms with Crippen LogP contribution in [0.2, 0.25) is 0 Å². The zero-order valence-corrected chi connectivity index (χ0v) is 20.4. The number of aliphatic hydroxyl groups excluding tert-OH is 1. The minimum absolute atomic E-state index is 0.0372. The van der Waals surface area contributed by atoms with E-state index >= 15 is 0 Å². The van der Waals surface area contributed by atoms with Crippen LogP contribution in [0.15, 0.2) is 36.7 Å². The number of nitrogens with one attached hydrogen (secondary N) is 1. The number of carbonyl (C=O) groups excluding carboxylic acids is 1. The summed E-state index contributed by atoms with van der Waals surface area (Å²) in [6.07, 6.45) is 10.1. The van der Waals surface area contributed by atoms with E-state index < -0.39 is 6.04 Å². The Balaban J connectivity index is 1.09. The van der Waals surface area contributed by atoms with Crippen molar-refractivity contribution in [2.24, 2.45) is 28.9 Å². The number of benzene rings is 1. The quantitative estimate of drug-likeness (QED) is 0.569. The Morgan fingerprint density at radius 1 is 1.11 bits per heavy atom. The molecule has 1 aliphatic heterocycles. The average Bonchev–Trinajstić information content (AvgIpc) is 2.86. The second-order valence-corrected chi connectivity index (χ2v) is 11.6. The van der Waals surface area contributed by atoms with Crippen LogP contribution in [0.25, 0.3) is 0 Å². The fraction of sp³-hybridized carbons (Fsp3) is 0.607. The first-order valence-corrected chi connectivity index (χ1v) is 13.3. The number of fused-ring (bicyclic) bond motifs is 1. The highest BCUT2D eigenvalue weighted by Gasteiger charge is 2.53. The molecule has 2 atom stereocenters. The Kier molecular flexibility index (Phi) is 6.01. The van der Waals surface area contributed by atoms with Gasteiger partial charge in [-0.3, -0.25) is 4.79 Å². The first-order chi connectivity index (χ1) is 17.0. The molecule has 4 N–H and O–H groups in total. The van der Waals surface area contributed by atoms with E-state index in [-0.39, 0.29) is 17.4 Å². The summed E-state index contributed by atoms with van der Waals surface area (Å²) in [5, 5.41) is 14.8. The molecule has 4 aliphatic carbocycles. The SMILES string of the molecule is N[C@@H](Cc1ccccc1)C(=O)N1CCc2c(ncnc2NCC(O)C23CC4CC(CC(C4)C2)C3)C1. The molecule has 35 heavy (non-hydrogen) atoms. The average molecular weight is 476 g/mol. The van der Waals surface area contributed by atoms with E-state index in [1.807, 2.05) is 35.2 Å². The highest BCUT2D eigenvalue weighted by molar-refractivity contribution is 5.82. The summed E-state index contributed by atoms with van der Waals surface area (Å²) in [5.41, 5.74) is 9.36. The fourth-order valence-corrected chi connectivity index (χ4v) is 7.88. The molecule has 1 aromatic heterocycles. The molecule has 186 valence electrons. The van der Waals surface area contributed by atoms with E-state index in [0.717, 1.165) is 40.4 Å². The van der Waals surface area contributed by atoms with Gasteiger partial charge in [0.1, 0.15) is 12.1 Å². The third kappa shape index (κ3) is 4.45. The molecule has 1 amide bonds. The van der Waals surface area contributed by atoms with Gasteiger partial charge in [0.15, 0.2) is 0 Å². The molecule has 2 heterocycles. The predicted molar refractivity (Wildman–Crippen MR) is 134 cm³/mol. The van der Waals surface area contributed by atoms with Crippen molar-refractivity contribution < 1.29 is 9.90 Å². The van der Waals surface area contributed by atoms with Crippen molar-refractivity contribution in [1.29, 1.82) is 0 Å². The van der Waals surface area contributed by atoms with Gasteiger partial charge in [-0.2, -0.15) is 0 Å². The van der Waals surface area contributed by atoms with Crippen LogP contribution in [-0.4, -0.2) is 51.1 Å². The van der Waals surface area contributed by atoms with Gasteiger partial charge in [-0.15, -0.1) is 0 Å². The third-order valence-electron chi connectivity index (χ3n) is 9.19. The number of carbonyl (C=O) groups is 1. The fourth-order valence-electron chi connectivity index (χ4n) is 7.88. The van der Waals surface area contributed by atoms with Gasteiger partial charge >= 0.3 is 0 Å². The number of nitrogens with zero attached hydrogens (tertiary/aromatic N) is 3. The maximum absolute atomic E-state index is 13.0. The monoisotopic (exact) mass is 475 g/mol. The summed E-state index contributed by atoms with van der Waals surface area (Å²) in [6.45, 7) is 1.58. The molecule has 4 bridgehead atoms. The summed E-state index contributed by atoms with van der Waals surface area (Å²) in [7, 11) is 0. The molecule has 0 saturated heterocycles. The summed E-state index contributed by atoms with van der Waals surface area (Å²) in [6, 6.07) is 9.34. The molecule has 7 rings (SSSR count). The Labute approximate surface area is 207 Å². The summed E-state index contributed by atoms with van der Waals surface area (Å²) in [4.78, 5) is 23.8. The van der Waals surface area contributed by atoms with Crippen LogP contribution in [0, 0.1) is 23.2 Å². The zero-order chi connectivity index (χ0) is 24.0. The van der Waals surface area contributed by atoms with Gasteiger partial charge in [0.2, 0.25) is 5.91 Å². The summed E-state index contributed by atoms with van der Waals surface area (Å²) >= 11 is 0. The van der Waals surface area contributed by atoms with Crippen molar-refractivity contribution in [3.05, 3.63) is 53.5 Å². The molecule has 2 aromatic rings. The van der Waals surface area contributed by atoms with Gasteiger partial charge in [-0.1, -0.05) is 30.3 Å². The number of hydrogen-bond acceptors (Lipinski definition) is 6. The lowest BCUT2D eigenvalue weighted by Crippen LogP contribution is -2.53. The smallest absolute Gasteiger partial charge is 0.240 e. The molecule has 0 radical (unpaired) electrons. The highest BCUT2D eigenvalue weighted by Crippen LogP contribution is 2.61. The second kappa shape index (κ2) is 9.17. The standard InChI is InChI=1S/C28H37N5O2/c29-23(11-18-4-2-1-3-5-18)27(35)33-7-6-22-24(16-33)31-17-32-26(22)30-15-25(34)28-12-19-8-20(13-28)10-21(9-19)14-28/h1-5,17,19-21,23,25,34H,6-16,29H2,(H,30,31,32)/t19?,20?,21?,23-,25?,28?/m0/s1. The van der Waals surface area contributed by atoms with E-state index in [1.165, 1.54) is 38.5 Å². The molecular weight excluding hydrogens is 438 g/mol. The number of aliphatic hydroxyl groups is 1. The zero-order valence-electron chi connectivity index (χ0n) is 20.4. The van der Waals surface area contributed by atoms with Crippen molar-refractivity contribution in [3.8, 4) is 0 Å². The molecule has 4 saturated carbocycles. The summed E-state index contributed by atoms with van der Waals surface area (Å²) in [5.74, 6) is 3.22.